The second-order valence-corrected chi connectivity index (χ2v) is 5.25. The minimum atomic E-state index is -0.915. The lowest BCUT2D eigenvalue weighted by atomic mass is 9.99. The molecule has 0 bridgehead atoms. The first-order valence-corrected chi connectivity index (χ1v) is 6.55. The van der Waals surface area contributed by atoms with Crippen LogP contribution in [0.25, 0.3) is 0 Å². The van der Waals surface area contributed by atoms with Gasteiger partial charge in [0.05, 0.1) is 0 Å². The first-order valence-electron chi connectivity index (χ1n) is 6.55. The summed E-state index contributed by atoms with van der Waals surface area (Å²) in [5.74, 6) is -0.244. The van der Waals surface area contributed by atoms with E-state index in [-0.39, 0.29) is 0 Å². The fourth-order valence-electron chi connectivity index (χ4n) is 1.96. The van der Waals surface area contributed by atoms with Gasteiger partial charge in [0.2, 0.25) is 0 Å². The minimum Gasteiger partial charge on any atom is -0.480 e. The lowest BCUT2D eigenvalue weighted by molar-refractivity contribution is -0.138. The minimum absolute atomic E-state index is 0.531. The molecule has 18 heavy (non-hydrogen) atoms. The highest BCUT2D eigenvalue weighted by Gasteiger charge is 2.10. The fourth-order valence-corrected chi connectivity index (χ4v) is 1.96. The summed E-state index contributed by atoms with van der Waals surface area (Å²) < 4.78 is 0. The van der Waals surface area contributed by atoms with Crippen LogP contribution in [0.15, 0.2) is 24.3 Å². The number of aryl methyl sites for hydroxylation is 1. The van der Waals surface area contributed by atoms with Crippen LogP contribution in [0, 0.1) is 5.92 Å². The third kappa shape index (κ3) is 5.32. The second-order valence-electron chi connectivity index (χ2n) is 5.25. The quantitative estimate of drug-likeness (QED) is 0.780. The standard InChI is InChI=1S/C15H23NO2/c1-11(2)10-13-8-6-12(7-9-13)4-3-5-14(16)15(17)18/h6-9,11,14H,3-5,10,16H2,1-2H3,(H,17,18). The van der Waals surface area contributed by atoms with Crippen molar-refractivity contribution in [3.8, 4) is 0 Å². The topological polar surface area (TPSA) is 63.3 Å². The van der Waals surface area contributed by atoms with Gasteiger partial charge in [-0.2, -0.15) is 0 Å². The van der Waals surface area contributed by atoms with Gasteiger partial charge in [-0.1, -0.05) is 38.1 Å². The summed E-state index contributed by atoms with van der Waals surface area (Å²) in [4.78, 5) is 10.6. The van der Waals surface area contributed by atoms with E-state index in [4.69, 9.17) is 10.8 Å². The van der Waals surface area contributed by atoms with Gasteiger partial charge in [0.15, 0.2) is 0 Å². The van der Waals surface area contributed by atoms with E-state index in [0.29, 0.717) is 12.3 Å². The van der Waals surface area contributed by atoms with Gasteiger partial charge in [-0.3, -0.25) is 4.79 Å². The SMILES string of the molecule is CC(C)Cc1ccc(CCCC(N)C(=O)O)cc1. The molecule has 0 aliphatic heterocycles. The molecule has 0 aromatic heterocycles. The van der Waals surface area contributed by atoms with Crippen molar-refractivity contribution >= 4 is 5.97 Å². The Morgan fingerprint density at radius 3 is 2.28 bits per heavy atom. The highest BCUT2D eigenvalue weighted by atomic mass is 16.4. The van der Waals surface area contributed by atoms with Crippen LogP contribution >= 0.6 is 0 Å². The van der Waals surface area contributed by atoms with Gasteiger partial charge in [-0.05, 0) is 42.7 Å². The normalized spacial score (nSPS) is 12.7. The Bertz CT molecular complexity index is 371. The van der Waals surface area contributed by atoms with Gasteiger partial charge in [0, 0.05) is 0 Å². The monoisotopic (exact) mass is 249 g/mol. The van der Waals surface area contributed by atoms with E-state index in [1.807, 2.05) is 0 Å². The van der Waals surface area contributed by atoms with Crippen LogP contribution in [0.1, 0.15) is 37.8 Å². The molecule has 0 heterocycles. The summed E-state index contributed by atoms with van der Waals surface area (Å²) in [6, 6.07) is 7.85. The van der Waals surface area contributed by atoms with Gasteiger partial charge in [-0.15, -0.1) is 0 Å². The van der Waals surface area contributed by atoms with Crippen molar-refractivity contribution in [2.45, 2.75) is 45.6 Å². The van der Waals surface area contributed by atoms with E-state index in [1.165, 1.54) is 11.1 Å². The lowest BCUT2D eigenvalue weighted by Gasteiger charge is -2.08. The van der Waals surface area contributed by atoms with Crippen molar-refractivity contribution in [1.82, 2.24) is 0 Å². The van der Waals surface area contributed by atoms with Crippen molar-refractivity contribution in [3.05, 3.63) is 35.4 Å². The van der Waals surface area contributed by atoms with Gasteiger partial charge < -0.3 is 10.8 Å². The molecule has 0 radical (unpaired) electrons. The van der Waals surface area contributed by atoms with Crippen molar-refractivity contribution in [2.75, 3.05) is 0 Å². The Labute approximate surface area is 109 Å². The number of rotatable bonds is 7. The van der Waals surface area contributed by atoms with Crippen molar-refractivity contribution in [1.29, 1.82) is 0 Å². The highest BCUT2D eigenvalue weighted by Crippen LogP contribution is 2.12. The number of benzene rings is 1. The van der Waals surface area contributed by atoms with Gasteiger partial charge in [-0.25, -0.2) is 0 Å². The number of hydrogen-bond acceptors (Lipinski definition) is 2. The average Bonchev–Trinajstić information content (AvgIpc) is 2.30. The number of carbonyl (C=O) groups is 1. The molecule has 1 aromatic rings. The summed E-state index contributed by atoms with van der Waals surface area (Å²) in [5.41, 5.74) is 8.07. The van der Waals surface area contributed by atoms with E-state index in [9.17, 15) is 4.79 Å². The number of aliphatic carboxylic acids is 1. The van der Waals surface area contributed by atoms with Gasteiger partial charge in [0.1, 0.15) is 6.04 Å². The van der Waals surface area contributed by atoms with Crippen LogP contribution in [0.5, 0.6) is 0 Å². The molecule has 0 saturated carbocycles. The van der Waals surface area contributed by atoms with E-state index in [1.54, 1.807) is 0 Å². The van der Waals surface area contributed by atoms with Crippen LogP contribution in [-0.4, -0.2) is 17.1 Å². The van der Waals surface area contributed by atoms with Crippen LogP contribution in [0.2, 0.25) is 0 Å². The Hall–Kier alpha value is -1.35. The molecule has 0 aliphatic rings. The predicted octanol–water partition coefficient (Wildman–Crippen LogP) is 2.62. The molecule has 3 nitrogen and oxygen atoms in total. The highest BCUT2D eigenvalue weighted by molar-refractivity contribution is 5.72. The van der Waals surface area contributed by atoms with Gasteiger partial charge in [0.25, 0.3) is 0 Å². The van der Waals surface area contributed by atoms with Crippen LogP contribution < -0.4 is 5.73 Å². The summed E-state index contributed by atoms with van der Waals surface area (Å²) in [6.45, 7) is 4.42. The molecule has 3 heteroatoms. The first kappa shape index (κ1) is 14.7. The molecular weight excluding hydrogens is 226 g/mol. The number of hydrogen-bond donors (Lipinski definition) is 2. The van der Waals surface area contributed by atoms with E-state index < -0.39 is 12.0 Å². The molecule has 0 fully saturated rings. The predicted molar refractivity (Wildman–Crippen MR) is 73.5 cm³/mol. The maximum absolute atomic E-state index is 10.6. The zero-order chi connectivity index (χ0) is 13.5. The van der Waals surface area contributed by atoms with E-state index >= 15 is 0 Å². The molecule has 3 N–H and O–H groups in total. The molecule has 0 aliphatic carbocycles. The van der Waals surface area contributed by atoms with Crippen LogP contribution in [0.4, 0.5) is 0 Å². The second kappa shape index (κ2) is 7.17. The Morgan fingerprint density at radius 2 is 1.78 bits per heavy atom. The van der Waals surface area contributed by atoms with Crippen LogP contribution in [-0.2, 0) is 17.6 Å². The lowest BCUT2D eigenvalue weighted by Crippen LogP contribution is -2.29. The number of nitrogens with two attached hydrogens (primary N) is 1. The molecule has 1 rings (SSSR count). The summed E-state index contributed by atoms with van der Waals surface area (Å²) >= 11 is 0. The zero-order valence-electron chi connectivity index (χ0n) is 11.2. The number of carboxylic acids is 1. The Balaban J connectivity index is 2.37. The van der Waals surface area contributed by atoms with Gasteiger partial charge >= 0.3 is 5.97 Å². The largest absolute Gasteiger partial charge is 0.480 e. The molecule has 0 saturated heterocycles. The van der Waals surface area contributed by atoms with E-state index in [0.717, 1.165) is 19.3 Å². The average molecular weight is 249 g/mol. The number of carboxylic acid groups (broad SMARTS) is 1. The Morgan fingerprint density at radius 1 is 1.22 bits per heavy atom. The maximum Gasteiger partial charge on any atom is 0.320 e. The summed E-state index contributed by atoms with van der Waals surface area (Å²) in [7, 11) is 0. The van der Waals surface area contributed by atoms with Crippen molar-refractivity contribution in [2.24, 2.45) is 11.7 Å². The van der Waals surface area contributed by atoms with Crippen molar-refractivity contribution in [3.63, 3.8) is 0 Å². The molecule has 1 atom stereocenters. The molecule has 100 valence electrons. The van der Waals surface area contributed by atoms with E-state index in [2.05, 4.69) is 38.1 Å². The van der Waals surface area contributed by atoms with Crippen molar-refractivity contribution < 1.29 is 9.90 Å². The van der Waals surface area contributed by atoms with Crippen LogP contribution in [0.3, 0.4) is 0 Å². The zero-order valence-corrected chi connectivity index (χ0v) is 11.2. The third-order valence-electron chi connectivity index (χ3n) is 2.96. The molecule has 1 aromatic carbocycles. The Kier molecular flexibility index (Phi) is 5.86. The summed E-state index contributed by atoms with van der Waals surface area (Å²) in [6.07, 6.45) is 3.34. The smallest absolute Gasteiger partial charge is 0.320 e. The maximum atomic E-state index is 10.6. The summed E-state index contributed by atoms with van der Waals surface area (Å²) in [5, 5.41) is 8.67. The molecular formula is C15H23NO2. The third-order valence-corrected chi connectivity index (χ3v) is 2.96. The molecule has 0 spiro atoms. The first-order chi connectivity index (χ1) is 8.49. The molecule has 1 unspecified atom stereocenters. The molecule has 0 amide bonds. The fraction of sp³-hybridized carbons (Fsp3) is 0.533.